The van der Waals surface area contributed by atoms with Gasteiger partial charge in [0.05, 0.1) is 0 Å². The van der Waals surface area contributed by atoms with Crippen molar-refractivity contribution in [1.29, 1.82) is 0 Å². The lowest BCUT2D eigenvalue weighted by Crippen LogP contribution is -2.49. The number of hydrogen-bond acceptors (Lipinski definition) is 2. The van der Waals surface area contributed by atoms with Crippen molar-refractivity contribution >= 4 is 5.97 Å². The van der Waals surface area contributed by atoms with E-state index in [9.17, 15) is 9.90 Å². The van der Waals surface area contributed by atoms with Crippen molar-refractivity contribution in [3.63, 3.8) is 0 Å². The minimum absolute atomic E-state index is 0.211. The van der Waals surface area contributed by atoms with E-state index >= 15 is 0 Å². The van der Waals surface area contributed by atoms with Gasteiger partial charge in [0.15, 0.2) is 5.60 Å². The van der Waals surface area contributed by atoms with E-state index in [-0.39, 0.29) is 11.8 Å². The number of rotatable bonds is 6. The van der Waals surface area contributed by atoms with Crippen molar-refractivity contribution in [2.24, 2.45) is 17.8 Å². The fraction of sp³-hybridized carbons (Fsp3) is 0.917. The highest BCUT2D eigenvalue weighted by Crippen LogP contribution is 2.30. The second-order valence-corrected chi connectivity index (χ2v) is 5.16. The first-order valence-electron chi connectivity index (χ1n) is 5.68. The molecule has 0 bridgehead atoms. The molecule has 0 aliphatic heterocycles. The van der Waals surface area contributed by atoms with E-state index in [0.29, 0.717) is 5.92 Å². The highest BCUT2D eigenvalue weighted by atomic mass is 16.4. The molecule has 2 N–H and O–H groups in total. The van der Waals surface area contributed by atoms with Gasteiger partial charge < -0.3 is 10.2 Å². The minimum atomic E-state index is -1.59. The van der Waals surface area contributed by atoms with Gasteiger partial charge in [-0.25, -0.2) is 4.79 Å². The summed E-state index contributed by atoms with van der Waals surface area (Å²) < 4.78 is 0. The summed E-state index contributed by atoms with van der Waals surface area (Å²) in [5.41, 5.74) is -1.59. The molecule has 0 saturated heterocycles. The molecule has 3 heteroatoms. The molecule has 0 aliphatic carbocycles. The minimum Gasteiger partial charge on any atom is -0.479 e. The number of carbonyl (C=O) groups is 1. The fourth-order valence-corrected chi connectivity index (χ4v) is 1.83. The largest absolute Gasteiger partial charge is 0.479 e. The van der Waals surface area contributed by atoms with Crippen molar-refractivity contribution in [1.82, 2.24) is 0 Å². The summed E-state index contributed by atoms with van der Waals surface area (Å²) in [4.78, 5) is 11.1. The summed E-state index contributed by atoms with van der Waals surface area (Å²) in [5.74, 6) is -1.04. The Morgan fingerprint density at radius 3 is 1.87 bits per heavy atom. The van der Waals surface area contributed by atoms with E-state index in [4.69, 9.17) is 5.11 Å². The zero-order valence-corrected chi connectivity index (χ0v) is 10.4. The molecule has 0 amide bonds. The van der Waals surface area contributed by atoms with Gasteiger partial charge in [-0.15, -0.1) is 0 Å². The molecule has 15 heavy (non-hydrogen) atoms. The molecule has 0 spiro atoms. The SMILES string of the molecule is CC(C)CCC(C)C(O)(C(=O)O)C(C)C. The Bertz CT molecular complexity index is 211. The molecule has 0 rings (SSSR count). The molecule has 0 aliphatic rings. The van der Waals surface area contributed by atoms with Crippen molar-refractivity contribution in [3.05, 3.63) is 0 Å². The average molecular weight is 216 g/mol. The van der Waals surface area contributed by atoms with Gasteiger partial charge >= 0.3 is 5.97 Å². The molecular formula is C12H24O3. The molecule has 0 aromatic rings. The zero-order chi connectivity index (χ0) is 12.2. The summed E-state index contributed by atoms with van der Waals surface area (Å²) in [6, 6.07) is 0. The highest BCUT2D eigenvalue weighted by molar-refractivity contribution is 5.77. The molecule has 90 valence electrons. The fourth-order valence-electron chi connectivity index (χ4n) is 1.83. The Labute approximate surface area is 92.5 Å². The number of hydrogen-bond donors (Lipinski definition) is 2. The third kappa shape index (κ3) is 3.49. The van der Waals surface area contributed by atoms with Crippen molar-refractivity contribution in [2.75, 3.05) is 0 Å². The van der Waals surface area contributed by atoms with E-state index in [1.807, 2.05) is 6.92 Å². The molecule has 0 radical (unpaired) electrons. The van der Waals surface area contributed by atoms with Crippen LogP contribution in [0.4, 0.5) is 0 Å². The Morgan fingerprint density at radius 2 is 1.60 bits per heavy atom. The van der Waals surface area contributed by atoms with Crippen LogP contribution in [0.5, 0.6) is 0 Å². The molecule has 0 saturated carbocycles. The van der Waals surface area contributed by atoms with E-state index in [0.717, 1.165) is 12.8 Å². The first kappa shape index (κ1) is 14.4. The van der Waals surface area contributed by atoms with Crippen LogP contribution in [0, 0.1) is 17.8 Å². The molecule has 0 heterocycles. The molecule has 0 fully saturated rings. The third-order valence-corrected chi connectivity index (χ3v) is 3.15. The van der Waals surface area contributed by atoms with E-state index in [2.05, 4.69) is 13.8 Å². The average Bonchev–Trinajstić information content (AvgIpc) is 2.11. The molecular weight excluding hydrogens is 192 g/mol. The van der Waals surface area contributed by atoms with Crippen LogP contribution in [-0.4, -0.2) is 21.8 Å². The zero-order valence-electron chi connectivity index (χ0n) is 10.4. The lowest BCUT2D eigenvalue weighted by molar-refractivity contribution is -0.171. The first-order valence-corrected chi connectivity index (χ1v) is 5.68. The van der Waals surface area contributed by atoms with Gasteiger partial charge in [-0.3, -0.25) is 0 Å². The predicted octanol–water partition coefficient (Wildman–Crippen LogP) is 2.53. The first-order chi connectivity index (χ1) is 6.72. The Kier molecular flexibility index (Phi) is 5.29. The van der Waals surface area contributed by atoms with Gasteiger partial charge in [-0.1, -0.05) is 41.0 Å². The molecule has 2 unspecified atom stereocenters. The lowest BCUT2D eigenvalue weighted by Gasteiger charge is -2.34. The van der Waals surface area contributed by atoms with Gasteiger partial charge in [0.2, 0.25) is 0 Å². The van der Waals surface area contributed by atoms with Crippen LogP contribution in [0.15, 0.2) is 0 Å². The Hall–Kier alpha value is -0.570. The summed E-state index contributed by atoms with van der Waals surface area (Å²) >= 11 is 0. The third-order valence-electron chi connectivity index (χ3n) is 3.15. The second kappa shape index (κ2) is 5.50. The normalized spacial score (nSPS) is 17.9. The monoisotopic (exact) mass is 216 g/mol. The Balaban J connectivity index is 4.57. The smallest absolute Gasteiger partial charge is 0.336 e. The van der Waals surface area contributed by atoms with E-state index in [1.54, 1.807) is 13.8 Å². The van der Waals surface area contributed by atoms with Crippen LogP contribution in [0.3, 0.4) is 0 Å². The standard InChI is InChI=1S/C12H24O3/c1-8(2)6-7-10(5)12(15,9(3)4)11(13)14/h8-10,15H,6-7H2,1-5H3,(H,13,14). The number of aliphatic carboxylic acids is 1. The van der Waals surface area contributed by atoms with Gasteiger partial charge in [0.25, 0.3) is 0 Å². The van der Waals surface area contributed by atoms with Crippen LogP contribution in [-0.2, 0) is 4.79 Å². The number of carboxylic acids is 1. The molecule has 0 aromatic carbocycles. The van der Waals surface area contributed by atoms with E-state index in [1.165, 1.54) is 0 Å². The van der Waals surface area contributed by atoms with Gasteiger partial charge in [-0.05, 0) is 24.2 Å². The maximum Gasteiger partial charge on any atom is 0.336 e. The number of carboxylic acid groups (broad SMARTS) is 1. The topological polar surface area (TPSA) is 57.5 Å². The van der Waals surface area contributed by atoms with E-state index < -0.39 is 11.6 Å². The van der Waals surface area contributed by atoms with Crippen LogP contribution in [0.25, 0.3) is 0 Å². The van der Waals surface area contributed by atoms with Crippen LogP contribution < -0.4 is 0 Å². The summed E-state index contributed by atoms with van der Waals surface area (Å²) in [6.07, 6.45) is 1.70. The Morgan fingerprint density at radius 1 is 1.13 bits per heavy atom. The summed E-state index contributed by atoms with van der Waals surface area (Å²) in [5, 5.41) is 19.2. The van der Waals surface area contributed by atoms with Crippen LogP contribution >= 0.6 is 0 Å². The highest BCUT2D eigenvalue weighted by Gasteiger charge is 2.44. The van der Waals surface area contributed by atoms with Gasteiger partial charge in [-0.2, -0.15) is 0 Å². The van der Waals surface area contributed by atoms with Crippen LogP contribution in [0.1, 0.15) is 47.5 Å². The summed E-state index contributed by atoms with van der Waals surface area (Å²) in [6.45, 7) is 9.51. The van der Waals surface area contributed by atoms with Gasteiger partial charge in [0.1, 0.15) is 0 Å². The van der Waals surface area contributed by atoms with Crippen molar-refractivity contribution in [2.45, 2.75) is 53.1 Å². The van der Waals surface area contributed by atoms with Crippen molar-refractivity contribution in [3.8, 4) is 0 Å². The van der Waals surface area contributed by atoms with Gasteiger partial charge in [0, 0.05) is 0 Å². The maximum absolute atomic E-state index is 11.1. The van der Waals surface area contributed by atoms with Crippen LogP contribution in [0.2, 0.25) is 0 Å². The van der Waals surface area contributed by atoms with Crippen molar-refractivity contribution < 1.29 is 15.0 Å². The lowest BCUT2D eigenvalue weighted by atomic mass is 9.76. The number of aliphatic hydroxyl groups is 1. The summed E-state index contributed by atoms with van der Waals surface area (Å²) in [7, 11) is 0. The molecule has 3 nitrogen and oxygen atoms in total. The molecule has 0 aromatic heterocycles. The second-order valence-electron chi connectivity index (χ2n) is 5.16. The maximum atomic E-state index is 11.1. The quantitative estimate of drug-likeness (QED) is 0.717. The molecule has 2 atom stereocenters. The predicted molar refractivity (Wildman–Crippen MR) is 60.7 cm³/mol.